The highest BCUT2D eigenvalue weighted by Crippen LogP contribution is 2.32. The zero-order valence-electron chi connectivity index (χ0n) is 11.8. The van der Waals surface area contributed by atoms with Gasteiger partial charge >= 0.3 is 6.18 Å². The number of nitrogen functional groups attached to an aromatic ring is 1. The van der Waals surface area contributed by atoms with Gasteiger partial charge in [-0.2, -0.15) is 13.2 Å². The van der Waals surface area contributed by atoms with Crippen LogP contribution in [0.25, 0.3) is 11.0 Å². The molecular formula is C14H18F3N3O. The van der Waals surface area contributed by atoms with Crippen molar-refractivity contribution in [1.29, 1.82) is 0 Å². The van der Waals surface area contributed by atoms with Crippen molar-refractivity contribution in [3.8, 4) is 0 Å². The summed E-state index contributed by atoms with van der Waals surface area (Å²) in [6.07, 6.45) is -2.62. The largest absolute Gasteiger partial charge is 0.449 e. The molecule has 1 aromatic carbocycles. The highest BCUT2D eigenvalue weighted by atomic mass is 19.4. The number of anilines is 1. The fraction of sp³-hybridized carbons (Fsp3) is 0.500. The van der Waals surface area contributed by atoms with Crippen LogP contribution in [0, 0.1) is 0 Å². The van der Waals surface area contributed by atoms with Gasteiger partial charge in [0, 0.05) is 18.8 Å². The molecule has 0 bridgehead atoms. The van der Waals surface area contributed by atoms with Crippen LogP contribution in [0.3, 0.4) is 0 Å². The number of alkyl halides is 3. The standard InChI is InChI=1S/C14H18F3N3O/c1-2-3-7-21-8-6-20-12-5-4-10(18)9-11(12)19-13(20)14(15,16)17/h4-5,9H,2-3,6-8,18H2,1H3. The first-order valence-corrected chi connectivity index (χ1v) is 6.84. The van der Waals surface area contributed by atoms with E-state index in [0.717, 1.165) is 17.4 Å². The molecule has 0 spiro atoms. The van der Waals surface area contributed by atoms with Crippen LogP contribution in [0.5, 0.6) is 0 Å². The molecule has 0 unspecified atom stereocenters. The second-order valence-corrected chi connectivity index (χ2v) is 4.80. The minimum Gasteiger partial charge on any atom is -0.399 e. The maximum atomic E-state index is 13.1. The first kappa shape index (κ1) is 15.6. The summed E-state index contributed by atoms with van der Waals surface area (Å²) >= 11 is 0. The van der Waals surface area contributed by atoms with E-state index in [4.69, 9.17) is 10.5 Å². The van der Waals surface area contributed by atoms with Gasteiger partial charge in [-0.05, 0) is 24.6 Å². The van der Waals surface area contributed by atoms with Crippen LogP contribution in [0.15, 0.2) is 18.2 Å². The third-order valence-corrected chi connectivity index (χ3v) is 3.13. The molecule has 2 aromatic rings. The lowest BCUT2D eigenvalue weighted by Crippen LogP contribution is -2.17. The van der Waals surface area contributed by atoms with Crippen molar-refractivity contribution in [2.75, 3.05) is 18.9 Å². The Morgan fingerprint density at radius 3 is 2.71 bits per heavy atom. The molecule has 0 radical (unpaired) electrons. The van der Waals surface area contributed by atoms with Crippen LogP contribution in [-0.2, 0) is 17.5 Å². The summed E-state index contributed by atoms with van der Waals surface area (Å²) in [6, 6.07) is 4.57. The van der Waals surface area contributed by atoms with Gasteiger partial charge in [-0.3, -0.25) is 0 Å². The third kappa shape index (κ3) is 3.66. The second kappa shape index (κ2) is 6.34. The number of benzene rings is 1. The third-order valence-electron chi connectivity index (χ3n) is 3.13. The molecule has 0 aliphatic heterocycles. The molecule has 0 aliphatic carbocycles. The first-order valence-electron chi connectivity index (χ1n) is 6.84. The number of hydrogen-bond donors (Lipinski definition) is 1. The molecule has 0 fully saturated rings. The summed E-state index contributed by atoms with van der Waals surface area (Å²) in [6.45, 7) is 2.91. The Kier molecular flexibility index (Phi) is 4.72. The van der Waals surface area contributed by atoms with Crippen molar-refractivity contribution in [2.24, 2.45) is 0 Å². The molecule has 2 N–H and O–H groups in total. The number of unbranched alkanes of at least 4 members (excludes halogenated alkanes) is 1. The molecule has 0 atom stereocenters. The predicted octanol–water partition coefficient (Wildman–Crippen LogP) is 3.45. The van der Waals surface area contributed by atoms with Gasteiger partial charge in [-0.25, -0.2) is 4.98 Å². The Labute approximate surface area is 120 Å². The van der Waals surface area contributed by atoms with E-state index < -0.39 is 12.0 Å². The van der Waals surface area contributed by atoms with E-state index >= 15 is 0 Å². The van der Waals surface area contributed by atoms with Gasteiger partial charge in [0.15, 0.2) is 0 Å². The van der Waals surface area contributed by atoms with Gasteiger partial charge in [0.25, 0.3) is 0 Å². The Morgan fingerprint density at radius 2 is 2.05 bits per heavy atom. The molecule has 2 rings (SSSR count). The normalized spacial score (nSPS) is 12.2. The zero-order chi connectivity index (χ0) is 15.5. The average molecular weight is 301 g/mol. The number of hydrogen-bond acceptors (Lipinski definition) is 3. The van der Waals surface area contributed by atoms with Crippen molar-refractivity contribution in [3.05, 3.63) is 24.0 Å². The van der Waals surface area contributed by atoms with Gasteiger partial charge < -0.3 is 15.0 Å². The summed E-state index contributed by atoms with van der Waals surface area (Å²) < 4.78 is 45.7. The molecule has 1 heterocycles. The summed E-state index contributed by atoms with van der Waals surface area (Å²) in [7, 11) is 0. The van der Waals surface area contributed by atoms with E-state index in [1.54, 1.807) is 12.1 Å². The molecule has 21 heavy (non-hydrogen) atoms. The molecule has 7 heteroatoms. The van der Waals surface area contributed by atoms with Gasteiger partial charge in [0.1, 0.15) is 0 Å². The van der Waals surface area contributed by atoms with Crippen LogP contribution < -0.4 is 5.73 Å². The van der Waals surface area contributed by atoms with Crippen molar-refractivity contribution in [1.82, 2.24) is 9.55 Å². The summed E-state index contributed by atoms with van der Waals surface area (Å²) in [5.41, 5.74) is 6.64. The molecule has 0 aliphatic rings. The number of rotatable bonds is 6. The maximum Gasteiger partial charge on any atom is 0.449 e. The number of nitrogens with zero attached hydrogens (tertiary/aromatic N) is 2. The van der Waals surface area contributed by atoms with Crippen molar-refractivity contribution in [3.63, 3.8) is 0 Å². The van der Waals surface area contributed by atoms with E-state index in [1.807, 2.05) is 6.92 Å². The fourth-order valence-corrected chi connectivity index (χ4v) is 2.09. The van der Waals surface area contributed by atoms with Gasteiger partial charge in [-0.1, -0.05) is 13.3 Å². The minimum absolute atomic E-state index is 0.110. The summed E-state index contributed by atoms with van der Waals surface area (Å²) in [5, 5.41) is 0. The minimum atomic E-state index is -4.50. The molecular weight excluding hydrogens is 283 g/mol. The molecule has 0 saturated carbocycles. The zero-order valence-corrected chi connectivity index (χ0v) is 11.8. The van der Waals surface area contributed by atoms with Crippen LogP contribution in [0.4, 0.5) is 18.9 Å². The molecule has 116 valence electrons. The Hall–Kier alpha value is -1.76. The van der Waals surface area contributed by atoms with E-state index in [9.17, 15) is 13.2 Å². The number of ether oxygens (including phenoxy) is 1. The van der Waals surface area contributed by atoms with E-state index in [1.165, 1.54) is 6.07 Å². The summed E-state index contributed by atoms with van der Waals surface area (Å²) in [5.74, 6) is -0.915. The summed E-state index contributed by atoms with van der Waals surface area (Å²) in [4.78, 5) is 3.66. The quantitative estimate of drug-likeness (QED) is 0.656. The molecule has 4 nitrogen and oxygen atoms in total. The van der Waals surface area contributed by atoms with Crippen LogP contribution in [0.2, 0.25) is 0 Å². The van der Waals surface area contributed by atoms with E-state index in [-0.39, 0.29) is 18.7 Å². The van der Waals surface area contributed by atoms with Crippen molar-refractivity contribution >= 4 is 16.7 Å². The lowest BCUT2D eigenvalue weighted by Gasteiger charge is -2.11. The Morgan fingerprint density at radius 1 is 1.29 bits per heavy atom. The number of imidazole rings is 1. The van der Waals surface area contributed by atoms with E-state index in [2.05, 4.69) is 4.98 Å². The lowest BCUT2D eigenvalue weighted by molar-refractivity contribution is -0.147. The van der Waals surface area contributed by atoms with E-state index in [0.29, 0.717) is 17.8 Å². The number of fused-ring (bicyclic) bond motifs is 1. The lowest BCUT2D eigenvalue weighted by atomic mass is 10.3. The highest BCUT2D eigenvalue weighted by Gasteiger charge is 2.37. The molecule has 1 aromatic heterocycles. The average Bonchev–Trinajstić information content (AvgIpc) is 2.76. The Bertz CT molecular complexity index is 607. The van der Waals surface area contributed by atoms with Crippen LogP contribution in [-0.4, -0.2) is 22.8 Å². The second-order valence-electron chi connectivity index (χ2n) is 4.80. The maximum absolute atomic E-state index is 13.1. The highest BCUT2D eigenvalue weighted by molar-refractivity contribution is 5.79. The smallest absolute Gasteiger partial charge is 0.399 e. The molecule has 0 amide bonds. The Balaban J connectivity index is 2.26. The first-order chi connectivity index (χ1) is 9.93. The predicted molar refractivity (Wildman–Crippen MR) is 74.9 cm³/mol. The van der Waals surface area contributed by atoms with Crippen LogP contribution >= 0.6 is 0 Å². The molecule has 0 saturated heterocycles. The monoisotopic (exact) mass is 301 g/mol. The number of halogens is 3. The van der Waals surface area contributed by atoms with Crippen molar-refractivity contribution in [2.45, 2.75) is 32.5 Å². The van der Waals surface area contributed by atoms with Gasteiger partial charge in [0.2, 0.25) is 5.82 Å². The van der Waals surface area contributed by atoms with Gasteiger partial charge in [-0.15, -0.1) is 0 Å². The fourth-order valence-electron chi connectivity index (χ4n) is 2.09. The number of aromatic nitrogens is 2. The van der Waals surface area contributed by atoms with Gasteiger partial charge in [0.05, 0.1) is 17.6 Å². The topological polar surface area (TPSA) is 53.1 Å². The number of nitrogens with two attached hydrogens (primary N) is 1. The SMILES string of the molecule is CCCCOCCn1c(C(F)(F)F)nc2cc(N)ccc21. The van der Waals surface area contributed by atoms with Crippen molar-refractivity contribution < 1.29 is 17.9 Å². The van der Waals surface area contributed by atoms with Crippen LogP contribution in [0.1, 0.15) is 25.6 Å².